The van der Waals surface area contributed by atoms with E-state index in [-0.39, 0.29) is 24.2 Å². The lowest BCUT2D eigenvalue weighted by Gasteiger charge is -2.32. The number of rotatable bonds is 9. The number of aromatic nitrogens is 1. The maximum absolute atomic E-state index is 13.6. The minimum Gasteiger partial charge on any atom is -0.481 e. The molecule has 3 N–H and O–H groups in total. The van der Waals surface area contributed by atoms with E-state index >= 15 is 0 Å². The summed E-state index contributed by atoms with van der Waals surface area (Å²) in [4.78, 5) is 45.1. The molecular formula is C31H34N4O4S. The van der Waals surface area contributed by atoms with Crippen LogP contribution in [0, 0.1) is 17.8 Å². The number of carbonyl (C=O) groups is 3. The summed E-state index contributed by atoms with van der Waals surface area (Å²) in [5.74, 6) is -0.520. The maximum atomic E-state index is 13.6. The van der Waals surface area contributed by atoms with Crippen molar-refractivity contribution in [1.29, 1.82) is 0 Å². The number of allylic oxidation sites excluding steroid dienone is 1. The molecule has 40 heavy (non-hydrogen) atoms. The van der Waals surface area contributed by atoms with E-state index in [0.717, 1.165) is 42.4 Å². The van der Waals surface area contributed by atoms with Gasteiger partial charge in [0.15, 0.2) is 0 Å². The van der Waals surface area contributed by atoms with Crippen molar-refractivity contribution in [2.24, 2.45) is 23.5 Å². The van der Waals surface area contributed by atoms with Crippen LogP contribution in [-0.4, -0.2) is 45.9 Å². The van der Waals surface area contributed by atoms with Crippen LogP contribution in [0.5, 0.6) is 0 Å². The average molecular weight is 559 g/mol. The third-order valence-electron chi connectivity index (χ3n) is 7.85. The predicted octanol–water partition coefficient (Wildman–Crippen LogP) is 5.24. The Hall–Kier alpha value is -3.85. The van der Waals surface area contributed by atoms with Crippen LogP contribution in [0.1, 0.15) is 44.1 Å². The summed E-state index contributed by atoms with van der Waals surface area (Å²) in [6.45, 7) is 5.18. The molecule has 1 aromatic carbocycles. The van der Waals surface area contributed by atoms with Gasteiger partial charge in [-0.1, -0.05) is 54.8 Å². The fourth-order valence-corrected chi connectivity index (χ4v) is 6.29. The maximum Gasteiger partial charge on any atom is 0.304 e. The van der Waals surface area contributed by atoms with Crippen LogP contribution in [0.4, 0.5) is 5.82 Å². The molecule has 8 nitrogen and oxygen atoms in total. The summed E-state index contributed by atoms with van der Waals surface area (Å²) < 4.78 is 0. The SMILES string of the molecule is C=C(S/C=C(\N)c1ccccc1-c1ccc(N2CCCC2=O)nc1)N1C/C=C\C[C@H](C2CC2)[C@H](CC(=O)O)C1=O. The van der Waals surface area contributed by atoms with Crippen LogP contribution in [0.3, 0.4) is 0 Å². The molecule has 3 aliphatic rings. The number of carboxylic acid groups (broad SMARTS) is 1. The van der Waals surface area contributed by atoms with Gasteiger partial charge >= 0.3 is 5.97 Å². The standard InChI is InChI=1S/C31H34N4O4S/c1-20(34-15-5-4-8-23(21-11-12-21)26(31(34)39)17-30(37)38)40-19-27(32)25-9-3-2-7-24(25)22-13-14-28(33-18-22)35-16-6-10-29(35)36/h2-5,7,9,13-14,18-19,21,23,26H,1,6,8,10-12,15-17,32H2,(H,37,38)/b5-4-,27-19-/t23-,26+/m1/s1. The van der Waals surface area contributed by atoms with Crippen LogP contribution in [0.15, 0.2) is 71.8 Å². The lowest BCUT2D eigenvalue weighted by molar-refractivity contribution is -0.145. The second kappa shape index (κ2) is 12.1. The number of aliphatic carboxylic acids is 1. The van der Waals surface area contributed by atoms with Crippen LogP contribution in [0.25, 0.3) is 16.8 Å². The van der Waals surface area contributed by atoms with Crippen molar-refractivity contribution in [2.75, 3.05) is 18.0 Å². The Balaban J connectivity index is 1.33. The van der Waals surface area contributed by atoms with Gasteiger partial charge in [-0.05, 0) is 55.2 Å². The zero-order valence-electron chi connectivity index (χ0n) is 22.4. The van der Waals surface area contributed by atoms with Crippen LogP contribution in [0.2, 0.25) is 0 Å². The summed E-state index contributed by atoms with van der Waals surface area (Å²) >= 11 is 1.26. The van der Waals surface area contributed by atoms with Gasteiger partial charge in [0.1, 0.15) is 5.82 Å². The molecule has 2 aromatic rings. The highest BCUT2D eigenvalue weighted by Crippen LogP contribution is 2.45. The molecule has 1 aliphatic carbocycles. The molecule has 1 saturated heterocycles. The topological polar surface area (TPSA) is 117 Å². The summed E-state index contributed by atoms with van der Waals surface area (Å²) in [7, 11) is 0. The molecule has 3 heterocycles. The molecule has 208 valence electrons. The monoisotopic (exact) mass is 558 g/mol. The normalized spacial score (nSPS) is 22.6. The summed E-state index contributed by atoms with van der Waals surface area (Å²) in [5.41, 5.74) is 9.63. The summed E-state index contributed by atoms with van der Waals surface area (Å²) in [5, 5.41) is 11.8. The number of thioether (sulfide) groups is 1. The Morgan fingerprint density at radius 3 is 2.65 bits per heavy atom. The number of benzene rings is 1. The minimum absolute atomic E-state index is 0.0384. The highest BCUT2D eigenvalue weighted by Gasteiger charge is 2.42. The van der Waals surface area contributed by atoms with Crippen LogP contribution < -0.4 is 10.6 Å². The van der Waals surface area contributed by atoms with E-state index < -0.39 is 11.9 Å². The number of carbonyl (C=O) groups excluding carboxylic acids is 2. The third kappa shape index (κ3) is 6.14. The van der Waals surface area contributed by atoms with E-state index in [0.29, 0.717) is 42.0 Å². The summed E-state index contributed by atoms with van der Waals surface area (Å²) in [6, 6.07) is 11.5. The number of hydrogen-bond acceptors (Lipinski definition) is 6. The number of nitrogens with zero attached hydrogens (tertiary/aromatic N) is 3. The van der Waals surface area contributed by atoms with E-state index in [4.69, 9.17) is 5.73 Å². The Bertz CT molecular complexity index is 1370. The van der Waals surface area contributed by atoms with Gasteiger partial charge in [0.25, 0.3) is 0 Å². The van der Waals surface area contributed by atoms with E-state index in [1.165, 1.54) is 11.8 Å². The molecule has 2 aliphatic heterocycles. The highest BCUT2D eigenvalue weighted by molar-refractivity contribution is 8.05. The first-order valence-corrected chi connectivity index (χ1v) is 14.6. The van der Waals surface area contributed by atoms with Gasteiger partial charge in [0.05, 0.1) is 17.4 Å². The number of anilines is 1. The van der Waals surface area contributed by atoms with Gasteiger partial charge in [-0.3, -0.25) is 19.3 Å². The van der Waals surface area contributed by atoms with E-state index in [9.17, 15) is 19.5 Å². The molecule has 5 rings (SSSR count). The van der Waals surface area contributed by atoms with Crippen molar-refractivity contribution in [3.63, 3.8) is 0 Å². The zero-order chi connectivity index (χ0) is 28.2. The quantitative estimate of drug-likeness (QED) is 0.404. The third-order valence-corrected chi connectivity index (χ3v) is 8.72. The molecule has 0 unspecified atom stereocenters. The first-order valence-electron chi connectivity index (χ1n) is 13.7. The van der Waals surface area contributed by atoms with Gasteiger partial charge in [0.2, 0.25) is 11.8 Å². The van der Waals surface area contributed by atoms with Crippen molar-refractivity contribution in [1.82, 2.24) is 9.88 Å². The molecule has 0 spiro atoms. The van der Waals surface area contributed by atoms with E-state index in [1.54, 1.807) is 21.4 Å². The molecule has 2 fully saturated rings. The molecule has 0 radical (unpaired) electrons. The number of carboxylic acids is 1. The van der Waals surface area contributed by atoms with Crippen LogP contribution in [-0.2, 0) is 14.4 Å². The first kappa shape index (κ1) is 27.7. The number of pyridine rings is 1. The van der Waals surface area contributed by atoms with Crippen molar-refractivity contribution in [2.45, 2.75) is 38.5 Å². The predicted molar refractivity (Wildman–Crippen MR) is 158 cm³/mol. The molecular weight excluding hydrogens is 524 g/mol. The molecule has 0 bridgehead atoms. The molecule has 9 heteroatoms. The largest absolute Gasteiger partial charge is 0.481 e. The summed E-state index contributed by atoms with van der Waals surface area (Å²) in [6.07, 6.45) is 9.83. The molecule has 1 saturated carbocycles. The average Bonchev–Trinajstić information content (AvgIpc) is 3.70. The van der Waals surface area contributed by atoms with Gasteiger partial charge in [0, 0.05) is 47.9 Å². The van der Waals surface area contributed by atoms with Gasteiger partial charge < -0.3 is 15.7 Å². The number of amides is 2. The van der Waals surface area contributed by atoms with Crippen molar-refractivity contribution >= 4 is 41.1 Å². The first-order chi connectivity index (χ1) is 19.3. The van der Waals surface area contributed by atoms with Gasteiger partial charge in [-0.2, -0.15) is 0 Å². The Morgan fingerprint density at radius 1 is 1.18 bits per heavy atom. The van der Waals surface area contributed by atoms with E-state index in [2.05, 4.69) is 17.6 Å². The second-order valence-electron chi connectivity index (χ2n) is 10.5. The van der Waals surface area contributed by atoms with E-state index in [1.807, 2.05) is 42.5 Å². The van der Waals surface area contributed by atoms with Gasteiger partial charge in [-0.15, -0.1) is 0 Å². The second-order valence-corrected chi connectivity index (χ2v) is 11.5. The van der Waals surface area contributed by atoms with Crippen molar-refractivity contribution < 1.29 is 19.5 Å². The molecule has 1 aromatic heterocycles. The lowest BCUT2D eigenvalue weighted by Crippen LogP contribution is -2.40. The highest BCUT2D eigenvalue weighted by atomic mass is 32.2. The van der Waals surface area contributed by atoms with Crippen molar-refractivity contribution in [3.8, 4) is 11.1 Å². The van der Waals surface area contributed by atoms with Crippen molar-refractivity contribution in [3.05, 3.63) is 77.3 Å². The zero-order valence-corrected chi connectivity index (χ0v) is 23.2. The lowest BCUT2D eigenvalue weighted by atomic mass is 9.81. The smallest absolute Gasteiger partial charge is 0.304 e. The van der Waals surface area contributed by atoms with Crippen LogP contribution >= 0.6 is 11.8 Å². The molecule has 2 amide bonds. The molecule has 2 atom stereocenters. The number of hydrogen-bond donors (Lipinski definition) is 2. The van der Waals surface area contributed by atoms with Gasteiger partial charge in [-0.25, -0.2) is 4.98 Å². The Morgan fingerprint density at radius 2 is 1.98 bits per heavy atom. The Labute approximate surface area is 238 Å². The fourth-order valence-electron chi connectivity index (χ4n) is 5.61. The fraction of sp³-hybridized carbons (Fsp3) is 0.355. The Kier molecular flexibility index (Phi) is 8.40. The number of nitrogens with two attached hydrogens (primary N) is 1. The minimum atomic E-state index is -0.956.